The van der Waals surface area contributed by atoms with Crippen LogP contribution in [0.15, 0.2) is 73.1 Å². The topological polar surface area (TPSA) is 59.5 Å². The Morgan fingerprint density at radius 1 is 0.966 bits per heavy atom. The van der Waals surface area contributed by atoms with E-state index < -0.39 is 12.1 Å². The number of rotatable bonds is 4. The van der Waals surface area contributed by atoms with Crippen LogP contribution in [-0.4, -0.2) is 23.0 Å². The van der Waals surface area contributed by atoms with Gasteiger partial charge < -0.3 is 4.74 Å². The summed E-state index contributed by atoms with van der Waals surface area (Å²) < 4.78 is 5.60. The second kappa shape index (κ2) is 8.27. The van der Waals surface area contributed by atoms with Crippen molar-refractivity contribution in [2.24, 2.45) is 0 Å². The zero-order valence-corrected chi connectivity index (χ0v) is 16.2. The molecular weight excluding hydrogens is 364 g/mol. The van der Waals surface area contributed by atoms with Crippen molar-refractivity contribution >= 4 is 23.3 Å². The zero-order valence-electron chi connectivity index (χ0n) is 16.2. The van der Waals surface area contributed by atoms with Crippen molar-refractivity contribution in [2.45, 2.75) is 32.3 Å². The number of aromatic nitrogens is 1. The minimum atomic E-state index is -0.887. The van der Waals surface area contributed by atoms with Crippen molar-refractivity contribution < 1.29 is 14.3 Å². The summed E-state index contributed by atoms with van der Waals surface area (Å²) >= 11 is 0. The molecule has 29 heavy (non-hydrogen) atoms. The van der Waals surface area contributed by atoms with Crippen LogP contribution in [0.3, 0.4) is 0 Å². The summed E-state index contributed by atoms with van der Waals surface area (Å²) in [5, 5.41) is 0. The van der Waals surface area contributed by atoms with E-state index in [4.69, 9.17) is 4.74 Å². The Morgan fingerprint density at radius 3 is 2.14 bits per heavy atom. The van der Waals surface area contributed by atoms with Gasteiger partial charge in [-0.3, -0.25) is 14.7 Å². The van der Waals surface area contributed by atoms with Gasteiger partial charge in [-0.1, -0.05) is 43.3 Å². The van der Waals surface area contributed by atoms with Crippen LogP contribution in [-0.2, 0) is 22.4 Å². The quantitative estimate of drug-likeness (QED) is 0.620. The van der Waals surface area contributed by atoms with Gasteiger partial charge in [0.2, 0.25) is 0 Å². The highest BCUT2D eigenvalue weighted by atomic mass is 16.5. The molecule has 1 aliphatic rings. The van der Waals surface area contributed by atoms with E-state index in [-0.39, 0.29) is 5.91 Å². The first-order chi connectivity index (χ1) is 14.2. The summed E-state index contributed by atoms with van der Waals surface area (Å²) in [6, 6.07) is 19.1. The first-order valence-electron chi connectivity index (χ1n) is 9.80. The van der Waals surface area contributed by atoms with E-state index in [9.17, 15) is 9.59 Å². The molecule has 5 nitrogen and oxygen atoms in total. The number of carbonyl (C=O) groups excluding carboxylic acids is 2. The molecule has 0 radical (unpaired) electrons. The van der Waals surface area contributed by atoms with E-state index in [1.165, 1.54) is 6.20 Å². The number of esters is 1. The highest BCUT2D eigenvalue weighted by Gasteiger charge is 2.32. The van der Waals surface area contributed by atoms with Crippen LogP contribution < -0.4 is 4.90 Å². The molecule has 1 atom stereocenters. The molecule has 146 valence electrons. The largest absolute Gasteiger partial charge is 0.449 e. The van der Waals surface area contributed by atoms with Crippen LogP contribution in [0.2, 0.25) is 0 Å². The molecule has 5 heteroatoms. The van der Waals surface area contributed by atoms with E-state index in [1.54, 1.807) is 23.2 Å². The molecule has 2 heterocycles. The minimum absolute atomic E-state index is 0.244. The maximum absolute atomic E-state index is 13.6. The molecule has 0 N–H and O–H groups in total. The number of fused-ring (bicyclic) bond motifs is 2. The van der Waals surface area contributed by atoms with Crippen LogP contribution in [0.4, 0.5) is 11.4 Å². The van der Waals surface area contributed by atoms with Crippen molar-refractivity contribution in [3.05, 3.63) is 89.7 Å². The molecular formula is C24H22N2O3. The molecule has 0 fully saturated rings. The molecule has 1 aromatic heterocycles. The van der Waals surface area contributed by atoms with Gasteiger partial charge in [0.15, 0.2) is 6.10 Å². The first-order valence-corrected chi connectivity index (χ1v) is 9.80. The lowest BCUT2D eigenvalue weighted by molar-refractivity contribution is -0.126. The molecule has 0 saturated carbocycles. The Balaban J connectivity index is 1.70. The van der Waals surface area contributed by atoms with Crippen LogP contribution >= 0.6 is 0 Å². The van der Waals surface area contributed by atoms with Gasteiger partial charge in [-0.2, -0.15) is 0 Å². The fourth-order valence-corrected chi connectivity index (χ4v) is 3.65. The van der Waals surface area contributed by atoms with Gasteiger partial charge in [0, 0.05) is 12.4 Å². The molecule has 1 aliphatic heterocycles. The van der Waals surface area contributed by atoms with Crippen molar-refractivity contribution in [2.75, 3.05) is 4.90 Å². The maximum atomic E-state index is 13.6. The van der Waals surface area contributed by atoms with Crippen LogP contribution in [0.5, 0.6) is 0 Å². The third kappa shape index (κ3) is 3.76. The summed E-state index contributed by atoms with van der Waals surface area (Å²) in [7, 11) is 0. The second-order valence-electron chi connectivity index (χ2n) is 6.97. The fourth-order valence-electron chi connectivity index (χ4n) is 3.65. The summed E-state index contributed by atoms with van der Waals surface area (Å²) in [4.78, 5) is 31.8. The number of aryl methyl sites for hydroxylation is 2. The molecule has 3 aromatic rings. The van der Waals surface area contributed by atoms with Gasteiger partial charge in [-0.15, -0.1) is 0 Å². The number of para-hydroxylation sites is 2. The molecule has 4 rings (SSSR count). The zero-order chi connectivity index (χ0) is 20.2. The third-order valence-electron chi connectivity index (χ3n) is 5.14. The normalized spacial score (nSPS) is 13.6. The first kappa shape index (κ1) is 18.9. The van der Waals surface area contributed by atoms with Gasteiger partial charge in [0.25, 0.3) is 5.91 Å². The molecule has 1 amide bonds. The highest BCUT2D eigenvalue weighted by Crippen LogP contribution is 2.36. The number of hydrogen-bond donors (Lipinski definition) is 0. The molecule has 2 aromatic carbocycles. The third-order valence-corrected chi connectivity index (χ3v) is 5.14. The maximum Gasteiger partial charge on any atom is 0.340 e. The smallest absolute Gasteiger partial charge is 0.340 e. The Bertz CT molecular complexity index is 986. The van der Waals surface area contributed by atoms with Crippen LogP contribution in [0, 0.1) is 0 Å². The minimum Gasteiger partial charge on any atom is -0.449 e. The number of anilines is 2. The van der Waals surface area contributed by atoms with E-state index in [2.05, 4.69) is 4.98 Å². The lowest BCUT2D eigenvalue weighted by atomic mass is 10.0. The molecule has 1 unspecified atom stereocenters. The second-order valence-corrected chi connectivity index (χ2v) is 6.97. The van der Waals surface area contributed by atoms with E-state index in [0.29, 0.717) is 12.0 Å². The number of nitrogens with zero attached hydrogens (tertiary/aromatic N) is 2. The average Bonchev–Trinajstić information content (AvgIpc) is 2.94. The Kier molecular flexibility index (Phi) is 5.38. The number of benzene rings is 2. The van der Waals surface area contributed by atoms with Gasteiger partial charge >= 0.3 is 5.97 Å². The Hall–Kier alpha value is -3.47. The number of amides is 1. The van der Waals surface area contributed by atoms with Crippen molar-refractivity contribution in [3.63, 3.8) is 0 Å². The Morgan fingerprint density at radius 2 is 1.59 bits per heavy atom. The molecule has 0 aliphatic carbocycles. The number of ether oxygens (including phenoxy) is 1. The lowest BCUT2D eigenvalue weighted by Gasteiger charge is -2.28. The number of carbonyl (C=O) groups is 2. The fraction of sp³-hybridized carbons (Fsp3) is 0.208. The van der Waals surface area contributed by atoms with Gasteiger partial charge in [-0.25, -0.2) is 4.79 Å². The van der Waals surface area contributed by atoms with Gasteiger partial charge in [0.05, 0.1) is 16.9 Å². The molecule has 0 spiro atoms. The predicted octanol–water partition coefficient (Wildman–Crippen LogP) is 4.48. The molecule has 0 saturated heterocycles. The van der Waals surface area contributed by atoms with Crippen LogP contribution in [0.25, 0.3) is 0 Å². The van der Waals surface area contributed by atoms with E-state index in [1.807, 2.05) is 55.5 Å². The Labute approximate surface area is 170 Å². The summed E-state index contributed by atoms with van der Waals surface area (Å²) in [5.41, 5.74) is 4.23. The summed E-state index contributed by atoms with van der Waals surface area (Å²) in [5.74, 6) is -0.791. The summed E-state index contributed by atoms with van der Waals surface area (Å²) in [6.45, 7) is 1.84. The van der Waals surface area contributed by atoms with Gasteiger partial charge in [-0.05, 0) is 54.7 Å². The SMILES string of the molecule is CCC(OC(=O)c1cccnc1)C(=O)N1c2ccccc2CCc2ccccc21. The van der Waals surface area contributed by atoms with Crippen molar-refractivity contribution in [3.8, 4) is 0 Å². The van der Waals surface area contributed by atoms with Crippen molar-refractivity contribution in [1.82, 2.24) is 4.98 Å². The number of hydrogen-bond acceptors (Lipinski definition) is 4. The van der Waals surface area contributed by atoms with E-state index in [0.717, 1.165) is 35.3 Å². The lowest BCUT2D eigenvalue weighted by Crippen LogP contribution is -2.39. The van der Waals surface area contributed by atoms with Crippen LogP contribution in [0.1, 0.15) is 34.8 Å². The average molecular weight is 386 g/mol. The standard InChI is InChI=1S/C24H22N2O3/c1-2-22(29-24(28)19-10-7-15-25-16-19)23(27)26-20-11-5-3-8-17(20)13-14-18-9-4-6-12-21(18)26/h3-12,15-16,22H,2,13-14H2,1H3. The monoisotopic (exact) mass is 386 g/mol. The molecule has 0 bridgehead atoms. The number of pyridine rings is 1. The van der Waals surface area contributed by atoms with Crippen molar-refractivity contribution in [1.29, 1.82) is 0 Å². The van der Waals surface area contributed by atoms with Gasteiger partial charge in [0.1, 0.15) is 0 Å². The predicted molar refractivity (Wildman–Crippen MR) is 111 cm³/mol. The highest BCUT2D eigenvalue weighted by molar-refractivity contribution is 6.05. The van der Waals surface area contributed by atoms with E-state index >= 15 is 0 Å². The summed E-state index contributed by atoms with van der Waals surface area (Å²) in [6.07, 6.45) is 4.22.